The highest BCUT2D eigenvalue weighted by atomic mass is 16.5. The summed E-state index contributed by atoms with van der Waals surface area (Å²) in [6, 6.07) is 8.11. The predicted molar refractivity (Wildman–Crippen MR) is 85.3 cm³/mol. The number of benzene rings is 1. The summed E-state index contributed by atoms with van der Waals surface area (Å²) in [6.07, 6.45) is 6.24. The van der Waals surface area contributed by atoms with E-state index in [9.17, 15) is 0 Å². The summed E-state index contributed by atoms with van der Waals surface area (Å²) in [5.41, 5.74) is 3.37. The van der Waals surface area contributed by atoms with Gasteiger partial charge in [-0.05, 0) is 54.2 Å². The smallest absolute Gasteiger partial charge is 0.118 e. The van der Waals surface area contributed by atoms with Gasteiger partial charge in [-0.2, -0.15) is 0 Å². The van der Waals surface area contributed by atoms with E-state index in [1.165, 1.54) is 18.4 Å². The number of allylic oxidation sites excluding steroid dienone is 1. The Morgan fingerprint density at radius 1 is 1.19 bits per heavy atom. The Morgan fingerprint density at radius 3 is 2.57 bits per heavy atom. The second-order valence-electron chi connectivity index (χ2n) is 6.97. The maximum atomic E-state index is 5.85. The number of ether oxygens (including phenoxy) is 2. The number of rotatable bonds is 6. The summed E-state index contributed by atoms with van der Waals surface area (Å²) in [5, 5.41) is 0. The second kappa shape index (κ2) is 5.84. The van der Waals surface area contributed by atoms with Crippen molar-refractivity contribution in [3.05, 3.63) is 41.5 Å². The van der Waals surface area contributed by atoms with E-state index in [1.54, 1.807) is 12.7 Å². The van der Waals surface area contributed by atoms with Crippen molar-refractivity contribution in [3.8, 4) is 5.75 Å². The van der Waals surface area contributed by atoms with E-state index in [0.717, 1.165) is 30.6 Å². The van der Waals surface area contributed by atoms with E-state index < -0.39 is 0 Å². The van der Waals surface area contributed by atoms with Crippen LogP contribution in [0.1, 0.15) is 38.7 Å². The first kappa shape index (κ1) is 14.6. The van der Waals surface area contributed by atoms with Gasteiger partial charge in [0.25, 0.3) is 0 Å². The molecule has 0 radical (unpaired) electrons. The second-order valence-corrected chi connectivity index (χ2v) is 6.97. The molecule has 0 amide bonds. The van der Waals surface area contributed by atoms with Crippen LogP contribution in [0.5, 0.6) is 5.75 Å². The molecule has 3 aliphatic carbocycles. The molecular weight excluding hydrogens is 260 g/mol. The van der Waals surface area contributed by atoms with Crippen molar-refractivity contribution in [2.45, 2.75) is 39.7 Å². The summed E-state index contributed by atoms with van der Waals surface area (Å²) >= 11 is 0. The van der Waals surface area contributed by atoms with E-state index in [2.05, 4.69) is 32.1 Å². The molecule has 1 aromatic carbocycles. The summed E-state index contributed by atoms with van der Waals surface area (Å²) in [7, 11) is 1.69. The number of methoxy groups -OCH3 is 1. The zero-order valence-electron chi connectivity index (χ0n) is 13.4. The molecule has 1 saturated carbocycles. The van der Waals surface area contributed by atoms with Crippen LogP contribution in [0, 0.1) is 17.3 Å². The average molecular weight is 286 g/mol. The fourth-order valence-corrected chi connectivity index (χ4v) is 3.86. The van der Waals surface area contributed by atoms with Crippen LogP contribution in [0.3, 0.4) is 0 Å². The molecule has 2 heteroatoms. The minimum atomic E-state index is 0.528. The summed E-state index contributed by atoms with van der Waals surface area (Å²) in [4.78, 5) is 0. The Bertz CT molecular complexity index is 513. The first-order valence-corrected chi connectivity index (χ1v) is 8.01. The molecule has 0 spiro atoms. The van der Waals surface area contributed by atoms with Gasteiger partial charge in [0.05, 0.1) is 20.3 Å². The Balaban J connectivity index is 1.43. The highest BCUT2D eigenvalue weighted by Gasteiger charge is 2.50. The number of hydrogen-bond acceptors (Lipinski definition) is 2. The van der Waals surface area contributed by atoms with Crippen molar-refractivity contribution in [1.29, 1.82) is 0 Å². The highest BCUT2D eigenvalue weighted by molar-refractivity contribution is 5.26. The largest absolute Gasteiger partial charge is 0.497 e. The van der Waals surface area contributed by atoms with Gasteiger partial charge in [-0.25, -0.2) is 0 Å². The van der Waals surface area contributed by atoms with Crippen LogP contribution in [-0.2, 0) is 11.3 Å². The van der Waals surface area contributed by atoms with E-state index >= 15 is 0 Å². The zero-order valence-corrected chi connectivity index (χ0v) is 13.4. The topological polar surface area (TPSA) is 18.5 Å². The van der Waals surface area contributed by atoms with Crippen LogP contribution < -0.4 is 4.74 Å². The molecule has 4 rings (SSSR count). The van der Waals surface area contributed by atoms with Crippen LogP contribution in [0.25, 0.3) is 0 Å². The standard InChI is InChI=1S/C19H26O2/c1-19(2)16-7-6-15(18(19)12-16)10-11-21-13-14-4-8-17(20-3)9-5-14/h4-6,8-9,16,18H,7,10-13H2,1-3H3. The van der Waals surface area contributed by atoms with Crippen molar-refractivity contribution in [2.24, 2.45) is 17.3 Å². The van der Waals surface area contributed by atoms with Gasteiger partial charge in [-0.1, -0.05) is 37.6 Å². The van der Waals surface area contributed by atoms with Crippen LogP contribution >= 0.6 is 0 Å². The van der Waals surface area contributed by atoms with E-state index in [0.29, 0.717) is 12.0 Å². The first-order valence-electron chi connectivity index (χ1n) is 8.01. The molecule has 0 saturated heterocycles. The van der Waals surface area contributed by atoms with Gasteiger partial charge in [-0.3, -0.25) is 0 Å². The Kier molecular flexibility index (Phi) is 4.08. The molecule has 1 fully saturated rings. The lowest BCUT2D eigenvalue weighted by Crippen LogP contribution is -2.48. The lowest BCUT2D eigenvalue weighted by atomic mass is 9.48. The number of fused-ring (bicyclic) bond motifs is 1. The van der Waals surface area contributed by atoms with Crippen molar-refractivity contribution in [3.63, 3.8) is 0 Å². The third-order valence-corrected chi connectivity index (χ3v) is 5.55. The quantitative estimate of drug-likeness (QED) is 0.562. The molecule has 2 unspecified atom stereocenters. The monoisotopic (exact) mass is 286 g/mol. The van der Waals surface area contributed by atoms with Gasteiger partial charge in [0.2, 0.25) is 0 Å². The summed E-state index contributed by atoms with van der Waals surface area (Å²) in [5.74, 6) is 2.63. The third-order valence-electron chi connectivity index (χ3n) is 5.55. The van der Waals surface area contributed by atoms with E-state index in [4.69, 9.17) is 9.47 Å². The average Bonchev–Trinajstić information content (AvgIpc) is 2.52. The summed E-state index contributed by atoms with van der Waals surface area (Å²) < 4.78 is 11.0. The van der Waals surface area contributed by atoms with Crippen molar-refractivity contribution < 1.29 is 9.47 Å². The van der Waals surface area contributed by atoms with Gasteiger partial charge < -0.3 is 9.47 Å². The van der Waals surface area contributed by atoms with Crippen LogP contribution in [0.2, 0.25) is 0 Å². The molecule has 2 bridgehead atoms. The molecule has 3 aliphatic rings. The van der Waals surface area contributed by atoms with Gasteiger partial charge >= 0.3 is 0 Å². The minimum Gasteiger partial charge on any atom is -0.497 e. The van der Waals surface area contributed by atoms with Crippen molar-refractivity contribution in [1.82, 2.24) is 0 Å². The van der Waals surface area contributed by atoms with Crippen LogP contribution in [0.15, 0.2) is 35.9 Å². The normalized spacial score (nSPS) is 26.0. The SMILES string of the molecule is COc1ccc(COCCC2=CCC3CC2C3(C)C)cc1. The molecule has 0 N–H and O–H groups in total. The predicted octanol–water partition coefficient (Wildman–Crippen LogP) is 4.59. The minimum absolute atomic E-state index is 0.528. The number of hydrogen-bond donors (Lipinski definition) is 0. The van der Waals surface area contributed by atoms with Crippen LogP contribution in [0.4, 0.5) is 0 Å². The van der Waals surface area contributed by atoms with Gasteiger partial charge in [0, 0.05) is 0 Å². The Morgan fingerprint density at radius 2 is 1.95 bits per heavy atom. The molecule has 2 atom stereocenters. The van der Waals surface area contributed by atoms with E-state index in [1.807, 2.05) is 12.1 Å². The Labute approximate surface area is 128 Å². The summed E-state index contributed by atoms with van der Waals surface area (Å²) in [6.45, 7) is 6.37. The van der Waals surface area contributed by atoms with E-state index in [-0.39, 0.29) is 0 Å². The molecule has 0 heterocycles. The molecule has 1 aromatic rings. The Hall–Kier alpha value is -1.28. The lowest BCUT2D eigenvalue weighted by Gasteiger charge is -2.56. The third kappa shape index (κ3) is 2.87. The maximum absolute atomic E-state index is 5.85. The maximum Gasteiger partial charge on any atom is 0.118 e. The molecule has 0 aliphatic heterocycles. The highest BCUT2D eigenvalue weighted by Crippen LogP contribution is 2.59. The van der Waals surface area contributed by atoms with Crippen molar-refractivity contribution >= 4 is 0 Å². The lowest BCUT2D eigenvalue weighted by molar-refractivity contribution is -0.0112. The van der Waals surface area contributed by atoms with Gasteiger partial charge in [-0.15, -0.1) is 0 Å². The van der Waals surface area contributed by atoms with Gasteiger partial charge in [0.15, 0.2) is 0 Å². The zero-order chi connectivity index (χ0) is 14.9. The fourth-order valence-electron chi connectivity index (χ4n) is 3.86. The molecule has 0 aromatic heterocycles. The van der Waals surface area contributed by atoms with Gasteiger partial charge in [0.1, 0.15) is 5.75 Å². The molecule has 21 heavy (non-hydrogen) atoms. The van der Waals surface area contributed by atoms with Crippen LogP contribution in [-0.4, -0.2) is 13.7 Å². The molecule has 2 nitrogen and oxygen atoms in total. The molecular formula is C19H26O2. The van der Waals surface area contributed by atoms with Crippen molar-refractivity contribution in [2.75, 3.05) is 13.7 Å². The fraction of sp³-hybridized carbons (Fsp3) is 0.579. The first-order chi connectivity index (χ1) is 10.1. The molecule has 114 valence electrons.